The molecule has 0 heterocycles. The van der Waals surface area contributed by atoms with Gasteiger partial charge in [0.15, 0.2) is 0 Å². The van der Waals surface area contributed by atoms with Gasteiger partial charge in [-0.1, -0.05) is 93.4 Å². The van der Waals surface area contributed by atoms with E-state index in [4.69, 9.17) is 19.8 Å². The molecule has 39 heavy (non-hydrogen) atoms. The smallest absolute Gasteiger partial charge is 0.0786 e. The summed E-state index contributed by atoms with van der Waals surface area (Å²) in [6.45, 7) is 28.0. The molecular formula is C33H72N2O4. The highest BCUT2D eigenvalue weighted by molar-refractivity contribution is 5.60. The fraction of sp³-hybridized carbons (Fsp3) is 0.939. The van der Waals surface area contributed by atoms with E-state index in [0.29, 0.717) is 0 Å². The van der Waals surface area contributed by atoms with Gasteiger partial charge in [-0.3, -0.25) is 0 Å². The molecule has 0 saturated carbocycles. The summed E-state index contributed by atoms with van der Waals surface area (Å²) in [7, 11) is 2.45. The Kier molecular flexibility index (Phi) is 38.0. The molecule has 6 nitrogen and oxygen atoms in total. The number of nitrogens with zero attached hydrogens (tertiary/aromatic N) is 2. The minimum absolute atomic E-state index is 0.972. The number of rotatable bonds is 21. The predicted molar refractivity (Wildman–Crippen MR) is 166 cm³/mol. The molecular weight excluding hydrogens is 488 g/mol. The van der Waals surface area contributed by atoms with E-state index in [2.05, 4.69) is 55.5 Å². The van der Waals surface area contributed by atoms with Crippen molar-refractivity contribution in [3.8, 4) is 0 Å². The first-order chi connectivity index (χ1) is 18.4. The van der Waals surface area contributed by atoms with E-state index in [0.717, 1.165) is 13.8 Å². The first-order valence-electron chi connectivity index (χ1n) is 16.4. The summed E-state index contributed by atoms with van der Waals surface area (Å²) in [6.07, 6.45) is 19.3. The van der Waals surface area contributed by atoms with Crippen molar-refractivity contribution >= 4 is 11.9 Å². The fourth-order valence-corrected chi connectivity index (χ4v) is 4.60. The predicted octanol–water partition coefficient (Wildman–Crippen LogP) is 6.35. The van der Waals surface area contributed by atoms with Crippen LogP contribution in [0, 0.1) is 0 Å². The van der Waals surface area contributed by atoms with Crippen molar-refractivity contribution in [1.82, 2.24) is 0 Å². The van der Waals surface area contributed by atoms with Crippen LogP contribution < -0.4 is 10.2 Å². The van der Waals surface area contributed by atoms with Crippen LogP contribution in [0.15, 0.2) is 0 Å². The highest BCUT2D eigenvalue weighted by Crippen LogP contribution is 2.16. The monoisotopic (exact) mass is 561 g/mol. The molecule has 0 saturated heterocycles. The maximum atomic E-state index is 8.89. The van der Waals surface area contributed by atoms with Gasteiger partial charge in [-0.25, -0.2) is 0 Å². The lowest BCUT2D eigenvalue weighted by Crippen LogP contribution is -2.50. The van der Waals surface area contributed by atoms with E-state index < -0.39 is 11.9 Å². The van der Waals surface area contributed by atoms with E-state index in [1.165, 1.54) is 145 Å². The maximum absolute atomic E-state index is 8.89. The molecule has 0 aromatic rings. The number of unbranched alkanes of at least 4 members (excludes halogenated alkanes) is 7. The van der Waals surface area contributed by atoms with Gasteiger partial charge in [0.25, 0.3) is 0 Å². The SMILES string of the molecule is CC(=O)[O-].CC(=O)[O-].CCCC[N+](C)(CCCC)CCCC.CCCC[N+](CCCC)(CCCC)CCCC. The summed E-state index contributed by atoms with van der Waals surface area (Å²) in [6, 6.07) is 0. The Morgan fingerprint density at radius 2 is 0.590 bits per heavy atom. The third kappa shape index (κ3) is 39.1. The largest absolute Gasteiger partial charge is 0.550 e. The molecule has 6 heteroatoms. The first kappa shape index (κ1) is 44.9. The normalized spacial score (nSPS) is 10.8. The number of carbonyl (C=O) groups excluding carboxylic acids is 2. The Labute approximate surface area is 245 Å². The van der Waals surface area contributed by atoms with Crippen LogP contribution in [-0.2, 0) is 9.59 Å². The number of carboxylic acid groups (broad SMARTS) is 2. The van der Waals surface area contributed by atoms with Crippen molar-refractivity contribution in [2.24, 2.45) is 0 Å². The van der Waals surface area contributed by atoms with Crippen molar-refractivity contribution in [3.05, 3.63) is 0 Å². The molecule has 0 aliphatic rings. The third-order valence-electron chi connectivity index (χ3n) is 7.10. The third-order valence-corrected chi connectivity index (χ3v) is 7.10. The lowest BCUT2D eigenvalue weighted by atomic mass is 10.1. The summed E-state index contributed by atoms with van der Waals surface area (Å²) >= 11 is 0. The zero-order valence-corrected chi connectivity index (χ0v) is 28.4. The Morgan fingerprint density at radius 3 is 0.744 bits per heavy atom. The van der Waals surface area contributed by atoms with Crippen LogP contribution in [0.25, 0.3) is 0 Å². The van der Waals surface area contributed by atoms with Crippen LogP contribution in [0.5, 0.6) is 0 Å². The molecule has 238 valence electrons. The quantitative estimate of drug-likeness (QED) is 0.153. The zero-order valence-electron chi connectivity index (χ0n) is 28.4. The first-order valence-corrected chi connectivity index (χ1v) is 16.4. The molecule has 0 bridgehead atoms. The van der Waals surface area contributed by atoms with Crippen LogP contribution in [-0.4, -0.2) is 73.8 Å². The molecule has 0 spiro atoms. The second-order valence-corrected chi connectivity index (χ2v) is 11.5. The molecule has 0 aliphatic carbocycles. The number of carbonyl (C=O) groups is 2. The van der Waals surface area contributed by atoms with Gasteiger partial charge in [0.05, 0.1) is 52.9 Å². The van der Waals surface area contributed by atoms with E-state index >= 15 is 0 Å². The number of aliphatic carboxylic acids is 2. The van der Waals surface area contributed by atoms with Gasteiger partial charge in [-0.05, 0) is 58.8 Å². The summed E-state index contributed by atoms with van der Waals surface area (Å²) in [5.41, 5.74) is 0. The lowest BCUT2D eigenvalue weighted by molar-refractivity contribution is -0.929. The average Bonchev–Trinajstić information content (AvgIpc) is 2.88. The number of quaternary nitrogens is 2. The Bertz CT molecular complexity index is 433. The second kappa shape index (κ2) is 33.1. The van der Waals surface area contributed by atoms with Crippen LogP contribution in [0.3, 0.4) is 0 Å². The fourth-order valence-electron chi connectivity index (χ4n) is 4.60. The molecule has 0 N–H and O–H groups in total. The van der Waals surface area contributed by atoms with Gasteiger partial charge in [-0.2, -0.15) is 0 Å². The van der Waals surface area contributed by atoms with Crippen LogP contribution in [0.1, 0.15) is 152 Å². The zero-order chi connectivity index (χ0) is 31.0. The minimum Gasteiger partial charge on any atom is -0.550 e. The van der Waals surface area contributed by atoms with Crippen molar-refractivity contribution in [2.45, 2.75) is 152 Å². The minimum atomic E-state index is -1.08. The molecule has 0 radical (unpaired) electrons. The van der Waals surface area contributed by atoms with E-state index in [1.807, 2.05) is 0 Å². The molecule has 0 amide bonds. The average molecular weight is 561 g/mol. The molecule has 0 fully saturated rings. The molecule has 0 aliphatic heterocycles. The topological polar surface area (TPSA) is 80.3 Å². The molecule has 0 atom stereocenters. The molecule has 0 rings (SSSR count). The Balaban J connectivity index is -0.000000248. The number of hydrogen-bond donors (Lipinski definition) is 0. The molecule has 0 aromatic heterocycles. The number of hydrogen-bond acceptors (Lipinski definition) is 4. The van der Waals surface area contributed by atoms with Crippen LogP contribution in [0.2, 0.25) is 0 Å². The second-order valence-electron chi connectivity index (χ2n) is 11.5. The van der Waals surface area contributed by atoms with Gasteiger partial charge in [-0.15, -0.1) is 0 Å². The highest BCUT2D eigenvalue weighted by Gasteiger charge is 2.24. The van der Waals surface area contributed by atoms with E-state index in [9.17, 15) is 0 Å². The highest BCUT2D eigenvalue weighted by atomic mass is 16.4. The summed E-state index contributed by atoms with van der Waals surface area (Å²) in [5.74, 6) is -2.17. The van der Waals surface area contributed by atoms with Crippen molar-refractivity contribution < 1.29 is 28.8 Å². The van der Waals surface area contributed by atoms with Gasteiger partial charge in [0.2, 0.25) is 0 Å². The van der Waals surface area contributed by atoms with E-state index in [-0.39, 0.29) is 0 Å². The van der Waals surface area contributed by atoms with Gasteiger partial charge in [0, 0.05) is 11.9 Å². The Hall–Kier alpha value is -1.14. The van der Waals surface area contributed by atoms with Gasteiger partial charge >= 0.3 is 0 Å². The summed E-state index contributed by atoms with van der Waals surface area (Å²) in [5, 5.41) is 17.8. The molecule has 0 aromatic carbocycles. The van der Waals surface area contributed by atoms with Crippen LogP contribution in [0.4, 0.5) is 0 Å². The van der Waals surface area contributed by atoms with Crippen molar-refractivity contribution in [2.75, 3.05) is 52.9 Å². The van der Waals surface area contributed by atoms with Gasteiger partial charge in [0.1, 0.15) is 0 Å². The van der Waals surface area contributed by atoms with E-state index in [1.54, 1.807) is 0 Å². The van der Waals surface area contributed by atoms with Gasteiger partial charge < -0.3 is 28.8 Å². The maximum Gasteiger partial charge on any atom is 0.0786 e. The summed E-state index contributed by atoms with van der Waals surface area (Å²) < 4.78 is 2.74. The summed E-state index contributed by atoms with van der Waals surface area (Å²) in [4.78, 5) is 17.8. The number of carboxylic acids is 2. The lowest BCUT2D eigenvalue weighted by Gasteiger charge is -2.39. The molecule has 0 unspecified atom stereocenters. The van der Waals surface area contributed by atoms with Crippen molar-refractivity contribution in [3.63, 3.8) is 0 Å². The van der Waals surface area contributed by atoms with Crippen molar-refractivity contribution in [1.29, 1.82) is 0 Å². The van der Waals surface area contributed by atoms with Crippen LogP contribution >= 0.6 is 0 Å². The Morgan fingerprint density at radius 1 is 0.436 bits per heavy atom. The standard InChI is InChI=1S/C16H36N.C13H30N.2C2H4O2/c1-5-9-13-17(14-10-6-2,15-11-7-3)16-12-8-4;1-5-8-11-14(4,12-9-6-2)13-10-7-3;2*1-2(3)4/h5-16H2,1-4H3;5-13H2,1-4H3;2*1H3,(H,3,4)/q2*+1;;/p-2.